The standard InChI is InChI=1S/C18H15NO3S2/c1-13-9-12-18(23-13)24(21,22)19-17(20)11-10-15-7-4-6-14-5-2-3-8-16(14)15/h2-12H,1H3,(H,19,20)/b11-10+. The van der Waals surface area contributed by atoms with Gasteiger partial charge >= 0.3 is 0 Å². The minimum atomic E-state index is -3.82. The van der Waals surface area contributed by atoms with Crippen molar-refractivity contribution < 1.29 is 13.2 Å². The average molecular weight is 357 g/mol. The van der Waals surface area contributed by atoms with Crippen molar-refractivity contribution in [1.29, 1.82) is 0 Å². The minimum absolute atomic E-state index is 0.131. The van der Waals surface area contributed by atoms with Crippen LogP contribution in [0.5, 0.6) is 0 Å². The number of hydrogen-bond donors (Lipinski definition) is 1. The lowest BCUT2D eigenvalue weighted by Crippen LogP contribution is -2.28. The van der Waals surface area contributed by atoms with Gasteiger partial charge in [0.25, 0.3) is 15.9 Å². The first-order valence-corrected chi connectivity index (χ1v) is 9.55. The van der Waals surface area contributed by atoms with Crippen LogP contribution < -0.4 is 4.72 Å². The number of sulfonamides is 1. The lowest BCUT2D eigenvalue weighted by Gasteiger charge is -2.03. The molecule has 2 aromatic carbocycles. The maximum Gasteiger partial charge on any atom is 0.273 e. The van der Waals surface area contributed by atoms with Crippen LogP contribution in [0.1, 0.15) is 10.4 Å². The van der Waals surface area contributed by atoms with Crippen LogP contribution in [0.15, 0.2) is 64.9 Å². The Morgan fingerprint density at radius 3 is 2.54 bits per heavy atom. The topological polar surface area (TPSA) is 63.2 Å². The molecule has 0 radical (unpaired) electrons. The molecular weight excluding hydrogens is 342 g/mol. The van der Waals surface area contributed by atoms with Crippen molar-refractivity contribution in [3.05, 3.63) is 71.1 Å². The number of thiophene rings is 1. The zero-order valence-corrected chi connectivity index (χ0v) is 14.5. The lowest BCUT2D eigenvalue weighted by atomic mass is 10.0. The maximum atomic E-state index is 12.1. The van der Waals surface area contributed by atoms with Crippen molar-refractivity contribution in [2.45, 2.75) is 11.1 Å². The molecule has 1 heterocycles. The molecule has 6 heteroatoms. The van der Waals surface area contributed by atoms with Crippen LogP contribution in [0, 0.1) is 6.92 Å². The fourth-order valence-corrected chi connectivity index (χ4v) is 4.56. The average Bonchev–Trinajstić information content (AvgIpc) is 3.00. The van der Waals surface area contributed by atoms with Gasteiger partial charge in [0.05, 0.1) is 0 Å². The number of aryl methyl sites for hydroxylation is 1. The molecule has 1 aromatic heterocycles. The van der Waals surface area contributed by atoms with Crippen molar-refractivity contribution in [3.8, 4) is 0 Å². The van der Waals surface area contributed by atoms with Crippen molar-refractivity contribution in [3.63, 3.8) is 0 Å². The summed E-state index contributed by atoms with van der Waals surface area (Å²) in [6.07, 6.45) is 2.85. The molecule has 24 heavy (non-hydrogen) atoms. The van der Waals surface area contributed by atoms with Crippen molar-refractivity contribution in [1.82, 2.24) is 4.72 Å². The fourth-order valence-electron chi connectivity index (χ4n) is 2.33. The highest BCUT2D eigenvalue weighted by molar-refractivity contribution is 7.92. The van der Waals surface area contributed by atoms with E-state index in [1.165, 1.54) is 12.1 Å². The highest BCUT2D eigenvalue weighted by atomic mass is 32.2. The Balaban J connectivity index is 1.80. The molecular formula is C18H15NO3S2. The van der Waals surface area contributed by atoms with Gasteiger partial charge in [-0.15, -0.1) is 11.3 Å². The number of nitrogens with one attached hydrogen (secondary N) is 1. The Morgan fingerprint density at radius 2 is 1.79 bits per heavy atom. The van der Waals surface area contributed by atoms with Crippen LogP contribution in [0.4, 0.5) is 0 Å². The molecule has 0 fully saturated rings. The summed E-state index contributed by atoms with van der Waals surface area (Å²) < 4.78 is 26.4. The third-order valence-electron chi connectivity index (χ3n) is 3.45. The van der Waals surface area contributed by atoms with E-state index in [0.717, 1.165) is 32.5 Å². The molecule has 0 aliphatic heterocycles. The second-order valence-electron chi connectivity index (χ2n) is 5.24. The van der Waals surface area contributed by atoms with Gasteiger partial charge in [0.2, 0.25) is 0 Å². The maximum absolute atomic E-state index is 12.1. The van der Waals surface area contributed by atoms with E-state index in [2.05, 4.69) is 4.72 Å². The number of amides is 1. The summed E-state index contributed by atoms with van der Waals surface area (Å²) in [4.78, 5) is 12.8. The number of carbonyl (C=O) groups excluding carboxylic acids is 1. The molecule has 0 aliphatic carbocycles. The molecule has 0 spiro atoms. The zero-order chi connectivity index (χ0) is 17.2. The Hall–Kier alpha value is -2.44. The highest BCUT2D eigenvalue weighted by Crippen LogP contribution is 2.21. The van der Waals surface area contributed by atoms with Gasteiger partial charge in [-0.2, -0.15) is 0 Å². The van der Waals surface area contributed by atoms with Gasteiger partial charge in [-0.05, 0) is 41.5 Å². The molecule has 1 N–H and O–H groups in total. The molecule has 0 bridgehead atoms. The molecule has 0 atom stereocenters. The molecule has 4 nitrogen and oxygen atoms in total. The van der Waals surface area contributed by atoms with Gasteiger partial charge in [-0.3, -0.25) is 4.79 Å². The predicted octanol–water partition coefficient (Wildman–Crippen LogP) is 3.73. The first-order chi connectivity index (χ1) is 11.5. The summed E-state index contributed by atoms with van der Waals surface area (Å²) in [6.45, 7) is 1.81. The molecule has 0 aliphatic rings. The van der Waals surface area contributed by atoms with E-state index in [4.69, 9.17) is 0 Å². The van der Waals surface area contributed by atoms with E-state index in [9.17, 15) is 13.2 Å². The molecule has 0 saturated carbocycles. The summed E-state index contributed by atoms with van der Waals surface area (Å²) in [6, 6.07) is 16.8. The van der Waals surface area contributed by atoms with E-state index in [1.807, 2.05) is 49.4 Å². The normalized spacial score (nSPS) is 11.9. The quantitative estimate of drug-likeness (QED) is 0.724. The van der Waals surface area contributed by atoms with Crippen LogP contribution in [-0.2, 0) is 14.8 Å². The van der Waals surface area contributed by atoms with E-state index >= 15 is 0 Å². The summed E-state index contributed by atoms with van der Waals surface area (Å²) in [5.74, 6) is -0.672. The van der Waals surface area contributed by atoms with Gasteiger partial charge in [0, 0.05) is 11.0 Å². The third-order valence-corrected chi connectivity index (χ3v) is 6.29. The summed E-state index contributed by atoms with van der Waals surface area (Å²) >= 11 is 1.13. The number of benzene rings is 2. The van der Waals surface area contributed by atoms with E-state index in [0.29, 0.717) is 0 Å². The number of rotatable bonds is 4. The second-order valence-corrected chi connectivity index (χ2v) is 8.43. The lowest BCUT2D eigenvalue weighted by molar-refractivity contribution is -0.114. The van der Waals surface area contributed by atoms with Crippen LogP contribution >= 0.6 is 11.3 Å². The molecule has 0 unspecified atom stereocenters. The summed E-state index contributed by atoms with van der Waals surface area (Å²) in [5.41, 5.74) is 0.854. The van der Waals surface area contributed by atoms with Crippen LogP contribution in [0.3, 0.4) is 0 Å². The van der Waals surface area contributed by atoms with Crippen molar-refractivity contribution in [2.24, 2.45) is 0 Å². The van der Waals surface area contributed by atoms with Crippen molar-refractivity contribution in [2.75, 3.05) is 0 Å². The number of carbonyl (C=O) groups is 1. The Bertz CT molecular complexity index is 1030. The molecule has 3 rings (SSSR count). The Kier molecular flexibility index (Phi) is 4.51. The van der Waals surface area contributed by atoms with Crippen LogP contribution in [-0.4, -0.2) is 14.3 Å². The first-order valence-electron chi connectivity index (χ1n) is 7.25. The minimum Gasteiger partial charge on any atom is -0.269 e. The van der Waals surface area contributed by atoms with Crippen LogP contribution in [0.25, 0.3) is 16.8 Å². The van der Waals surface area contributed by atoms with Crippen LogP contribution in [0.2, 0.25) is 0 Å². The summed E-state index contributed by atoms with van der Waals surface area (Å²) in [5, 5.41) is 2.06. The molecule has 122 valence electrons. The van der Waals surface area contributed by atoms with Gasteiger partial charge < -0.3 is 0 Å². The predicted molar refractivity (Wildman–Crippen MR) is 97.4 cm³/mol. The van der Waals surface area contributed by atoms with E-state index in [-0.39, 0.29) is 4.21 Å². The van der Waals surface area contributed by atoms with E-state index < -0.39 is 15.9 Å². The largest absolute Gasteiger partial charge is 0.273 e. The Morgan fingerprint density at radius 1 is 1.04 bits per heavy atom. The second kappa shape index (κ2) is 6.59. The molecule has 3 aromatic rings. The first kappa shape index (κ1) is 16.4. The SMILES string of the molecule is Cc1ccc(S(=O)(=O)NC(=O)/C=C/c2cccc3ccccc23)s1. The van der Waals surface area contributed by atoms with Gasteiger partial charge in [0.15, 0.2) is 0 Å². The number of hydrogen-bond acceptors (Lipinski definition) is 4. The Labute approximate surface area is 144 Å². The monoisotopic (exact) mass is 357 g/mol. The number of fused-ring (bicyclic) bond motifs is 1. The molecule has 1 amide bonds. The van der Waals surface area contributed by atoms with Gasteiger partial charge in [-0.25, -0.2) is 13.1 Å². The summed E-state index contributed by atoms with van der Waals surface area (Å²) in [7, 11) is -3.82. The van der Waals surface area contributed by atoms with Gasteiger partial charge in [0.1, 0.15) is 4.21 Å². The van der Waals surface area contributed by atoms with Gasteiger partial charge in [-0.1, -0.05) is 42.5 Å². The third kappa shape index (κ3) is 3.55. The van der Waals surface area contributed by atoms with Crippen molar-refractivity contribution >= 4 is 44.1 Å². The zero-order valence-electron chi connectivity index (χ0n) is 12.9. The fraction of sp³-hybridized carbons (Fsp3) is 0.0556. The van der Waals surface area contributed by atoms with E-state index in [1.54, 1.807) is 12.1 Å². The highest BCUT2D eigenvalue weighted by Gasteiger charge is 2.17. The smallest absolute Gasteiger partial charge is 0.269 e. The molecule has 0 saturated heterocycles.